The van der Waals surface area contributed by atoms with Crippen molar-refractivity contribution in [1.29, 1.82) is 0 Å². The van der Waals surface area contributed by atoms with Crippen molar-refractivity contribution in [2.75, 3.05) is 0 Å². The molecule has 0 unspecified atom stereocenters. The number of nitrogens with one attached hydrogen (secondary N) is 1. The zero-order valence-electron chi connectivity index (χ0n) is 16.9. The number of hydrogen-bond acceptors (Lipinski definition) is 4. The predicted molar refractivity (Wildman–Crippen MR) is 123 cm³/mol. The Kier molecular flexibility index (Phi) is 5.41. The highest BCUT2D eigenvalue weighted by molar-refractivity contribution is 7.80. The molecule has 0 saturated carbocycles. The van der Waals surface area contributed by atoms with Gasteiger partial charge in [0.25, 0.3) is 0 Å². The van der Waals surface area contributed by atoms with E-state index in [1.807, 2.05) is 67.3 Å². The third kappa shape index (κ3) is 4.04. The van der Waals surface area contributed by atoms with E-state index in [9.17, 15) is 0 Å². The fourth-order valence-electron chi connectivity index (χ4n) is 4.09. The summed E-state index contributed by atoms with van der Waals surface area (Å²) in [5.41, 5.74) is 4.32. The summed E-state index contributed by atoms with van der Waals surface area (Å²) in [6.45, 7) is 1.39. The van der Waals surface area contributed by atoms with Gasteiger partial charge < -0.3 is 14.8 Å². The molecule has 1 aliphatic heterocycles. The number of rotatable bonds is 6. The van der Waals surface area contributed by atoms with Crippen LogP contribution < -0.4 is 5.32 Å². The highest BCUT2D eigenvalue weighted by Gasteiger charge is 2.41. The van der Waals surface area contributed by atoms with Gasteiger partial charge in [-0.3, -0.25) is 15.0 Å². The molecule has 5 rings (SSSR count). The average molecular weight is 427 g/mol. The fraction of sp³-hybridized carbons (Fsp3) is 0.167. The van der Waals surface area contributed by atoms with Gasteiger partial charge in [0.15, 0.2) is 5.11 Å². The zero-order chi connectivity index (χ0) is 21.0. The lowest BCUT2D eigenvalue weighted by molar-refractivity contribution is 0.298. The van der Waals surface area contributed by atoms with E-state index in [1.165, 1.54) is 5.69 Å². The molecule has 1 saturated heterocycles. The summed E-state index contributed by atoms with van der Waals surface area (Å²) in [5, 5.41) is 4.25. The van der Waals surface area contributed by atoms with Gasteiger partial charge in [-0.15, -0.1) is 0 Å². The highest BCUT2D eigenvalue weighted by atomic mass is 32.1. The van der Waals surface area contributed by atoms with Crippen LogP contribution in [0.4, 0.5) is 0 Å². The maximum Gasteiger partial charge on any atom is 0.170 e. The first-order valence-electron chi connectivity index (χ1n) is 10.2. The highest BCUT2D eigenvalue weighted by Crippen LogP contribution is 2.39. The SMILES string of the molecule is S=C1N[C@@H](c2ccccn2)[C@H](c2cccn2Cc2ccccn2)N1Cc1ccncc1. The van der Waals surface area contributed by atoms with Gasteiger partial charge in [-0.2, -0.15) is 0 Å². The van der Waals surface area contributed by atoms with Crippen molar-refractivity contribution in [2.24, 2.45) is 0 Å². The molecule has 4 aromatic rings. The standard InChI is InChI=1S/C24H22N6S/c31-24-28-22(20-7-2-4-12-27-20)23(30(24)16-18-9-13-25-14-10-18)21-8-5-15-29(21)17-19-6-1-3-11-26-19/h1-15,22-23H,16-17H2,(H,28,31)/t22-,23-/m0/s1. The lowest BCUT2D eigenvalue weighted by Gasteiger charge is -2.29. The minimum atomic E-state index is -0.0482. The topological polar surface area (TPSA) is 58.9 Å². The molecule has 0 radical (unpaired) electrons. The summed E-state index contributed by atoms with van der Waals surface area (Å²) in [6.07, 6.45) is 9.39. The number of hydrogen-bond donors (Lipinski definition) is 1. The van der Waals surface area contributed by atoms with Crippen LogP contribution in [0.25, 0.3) is 0 Å². The molecular formula is C24H22N6S. The number of pyridine rings is 3. The summed E-state index contributed by atoms with van der Waals surface area (Å²) in [6, 6.07) is 20.3. The summed E-state index contributed by atoms with van der Waals surface area (Å²) in [7, 11) is 0. The minimum absolute atomic E-state index is 0.00530. The van der Waals surface area contributed by atoms with Crippen molar-refractivity contribution in [3.05, 3.63) is 114 Å². The average Bonchev–Trinajstić information content (AvgIpc) is 3.40. The van der Waals surface area contributed by atoms with E-state index in [0.717, 1.165) is 22.1 Å². The van der Waals surface area contributed by atoms with Crippen LogP contribution in [0.2, 0.25) is 0 Å². The van der Waals surface area contributed by atoms with E-state index in [0.29, 0.717) is 13.1 Å². The second-order valence-electron chi connectivity index (χ2n) is 7.49. The molecule has 1 fully saturated rings. The van der Waals surface area contributed by atoms with Crippen LogP contribution in [0.3, 0.4) is 0 Å². The molecule has 2 atom stereocenters. The maximum absolute atomic E-state index is 5.79. The zero-order valence-corrected chi connectivity index (χ0v) is 17.7. The molecule has 154 valence electrons. The van der Waals surface area contributed by atoms with Gasteiger partial charge in [-0.05, 0) is 66.3 Å². The van der Waals surface area contributed by atoms with Crippen LogP contribution >= 0.6 is 12.2 Å². The van der Waals surface area contributed by atoms with Gasteiger partial charge in [0.2, 0.25) is 0 Å². The van der Waals surface area contributed by atoms with Gasteiger partial charge in [-0.1, -0.05) is 12.1 Å². The van der Waals surface area contributed by atoms with Gasteiger partial charge in [0.05, 0.1) is 30.0 Å². The van der Waals surface area contributed by atoms with Crippen LogP contribution in [0.15, 0.2) is 91.6 Å². The molecule has 1 aliphatic rings. The maximum atomic E-state index is 5.79. The van der Waals surface area contributed by atoms with Gasteiger partial charge in [-0.25, -0.2) is 0 Å². The van der Waals surface area contributed by atoms with Crippen LogP contribution in [-0.2, 0) is 13.1 Å². The molecule has 0 aromatic carbocycles. The van der Waals surface area contributed by atoms with E-state index in [1.54, 1.807) is 0 Å². The Labute approximate surface area is 186 Å². The fourth-order valence-corrected chi connectivity index (χ4v) is 4.39. The number of nitrogens with zero attached hydrogens (tertiary/aromatic N) is 5. The first-order chi connectivity index (χ1) is 15.3. The summed E-state index contributed by atoms with van der Waals surface area (Å²) in [4.78, 5) is 15.5. The predicted octanol–water partition coefficient (Wildman–Crippen LogP) is 3.89. The lowest BCUT2D eigenvalue weighted by atomic mass is 10.0. The minimum Gasteiger partial charge on any atom is -0.352 e. The summed E-state index contributed by atoms with van der Waals surface area (Å²) >= 11 is 5.79. The smallest absolute Gasteiger partial charge is 0.170 e. The molecule has 7 heteroatoms. The summed E-state index contributed by atoms with van der Waals surface area (Å²) in [5.74, 6) is 0. The number of aromatic nitrogens is 4. The Morgan fingerprint density at radius 3 is 2.39 bits per heavy atom. The number of thiocarbonyl (C=S) groups is 1. The van der Waals surface area contributed by atoms with E-state index in [-0.39, 0.29) is 12.1 Å². The van der Waals surface area contributed by atoms with Gasteiger partial charge >= 0.3 is 0 Å². The van der Waals surface area contributed by atoms with Crippen molar-refractivity contribution in [3.8, 4) is 0 Å². The van der Waals surface area contributed by atoms with Gasteiger partial charge in [0, 0.05) is 43.2 Å². The van der Waals surface area contributed by atoms with E-state index < -0.39 is 0 Å². The van der Waals surface area contributed by atoms with Crippen molar-refractivity contribution >= 4 is 17.3 Å². The quantitative estimate of drug-likeness (QED) is 0.472. The molecule has 4 aromatic heterocycles. The lowest BCUT2D eigenvalue weighted by Crippen LogP contribution is -2.30. The normalized spacial score (nSPS) is 18.2. The molecule has 6 nitrogen and oxygen atoms in total. The molecule has 1 N–H and O–H groups in total. The van der Waals surface area contributed by atoms with E-state index in [2.05, 4.69) is 54.1 Å². The van der Waals surface area contributed by atoms with E-state index in [4.69, 9.17) is 12.2 Å². The first-order valence-corrected chi connectivity index (χ1v) is 10.6. The Hall–Kier alpha value is -3.58. The summed E-state index contributed by atoms with van der Waals surface area (Å²) < 4.78 is 2.25. The third-order valence-corrected chi connectivity index (χ3v) is 5.88. The van der Waals surface area contributed by atoms with Crippen molar-refractivity contribution in [2.45, 2.75) is 25.2 Å². The third-order valence-electron chi connectivity index (χ3n) is 5.53. The molecular weight excluding hydrogens is 404 g/mol. The van der Waals surface area contributed by atoms with Crippen molar-refractivity contribution in [1.82, 2.24) is 29.7 Å². The molecule has 0 spiro atoms. The van der Waals surface area contributed by atoms with Crippen molar-refractivity contribution in [3.63, 3.8) is 0 Å². The van der Waals surface area contributed by atoms with Crippen molar-refractivity contribution < 1.29 is 0 Å². The second-order valence-corrected chi connectivity index (χ2v) is 7.88. The largest absolute Gasteiger partial charge is 0.352 e. The Bertz CT molecular complexity index is 1150. The van der Waals surface area contributed by atoms with Gasteiger partial charge in [0.1, 0.15) is 0 Å². The van der Waals surface area contributed by atoms with Crippen LogP contribution in [0.1, 0.15) is 34.7 Å². The first kappa shape index (κ1) is 19.4. The van der Waals surface area contributed by atoms with E-state index >= 15 is 0 Å². The Morgan fingerprint density at radius 1 is 0.839 bits per heavy atom. The van der Waals surface area contributed by atoms with Crippen LogP contribution in [-0.4, -0.2) is 29.5 Å². The Morgan fingerprint density at radius 2 is 1.65 bits per heavy atom. The molecule has 0 aliphatic carbocycles. The molecule has 0 amide bonds. The molecule has 31 heavy (non-hydrogen) atoms. The monoisotopic (exact) mass is 426 g/mol. The Balaban J connectivity index is 1.54. The van der Waals surface area contributed by atoms with Crippen LogP contribution in [0, 0.1) is 0 Å². The van der Waals surface area contributed by atoms with Crippen LogP contribution in [0.5, 0.6) is 0 Å². The second kappa shape index (κ2) is 8.65. The molecule has 5 heterocycles. The molecule has 0 bridgehead atoms.